The Balaban J connectivity index is 1.41. The zero-order valence-corrected chi connectivity index (χ0v) is 16.2. The van der Waals surface area contributed by atoms with Crippen molar-refractivity contribution in [2.45, 2.75) is 45.7 Å². The number of halogens is 1. The molecule has 0 aromatic heterocycles. The topological polar surface area (TPSA) is 58.2 Å². The Morgan fingerprint density at radius 3 is 2.11 bits per heavy atom. The fraction of sp³-hybridized carbons (Fsp3) is 0.391. The zero-order valence-electron chi connectivity index (χ0n) is 16.2. The van der Waals surface area contributed by atoms with Crippen molar-refractivity contribution in [3.63, 3.8) is 0 Å². The molecule has 1 saturated carbocycles. The second-order valence-electron chi connectivity index (χ2n) is 7.56. The lowest BCUT2D eigenvalue weighted by Gasteiger charge is -2.27. The van der Waals surface area contributed by atoms with Gasteiger partial charge in [0.05, 0.1) is 0 Å². The van der Waals surface area contributed by atoms with Gasteiger partial charge in [-0.15, -0.1) is 0 Å². The molecule has 4 nitrogen and oxygen atoms in total. The molecule has 0 radical (unpaired) electrons. The van der Waals surface area contributed by atoms with Gasteiger partial charge in [-0.2, -0.15) is 0 Å². The van der Waals surface area contributed by atoms with Gasteiger partial charge in [-0.3, -0.25) is 9.59 Å². The van der Waals surface area contributed by atoms with Gasteiger partial charge in [0.15, 0.2) is 0 Å². The number of carbonyl (C=O) groups is 2. The molecular formula is C23H27FN2O2. The van der Waals surface area contributed by atoms with Crippen molar-refractivity contribution in [1.82, 2.24) is 10.6 Å². The first-order chi connectivity index (χ1) is 13.5. The Labute approximate surface area is 165 Å². The first-order valence-corrected chi connectivity index (χ1v) is 9.87. The van der Waals surface area contributed by atoms with Crippen molar-refractivity contribution in [2.75, 3.05) is 0 Å². The Bertz CT molecular complexity index is 829. The molecule has 0 spiro atoms. The number of nitrogens with one attached hydrogen (secondary N) is 2. The van der Waals surface area contributed by atoms with Gasteiger partial charge in [-0.1, -0.05) is 48.0 Å². The molecule has 2 amide bonds. The van der Waals surface area contributed by atoms with Crippen LogP contribution < -0.4 is 10.6 Å². The van der Waals surface area contributed by atoms with Crippen LogP contribution in [0, 0.1) is 24.6 Å². The minimum absolute atomic E-state index is 0.0413. The van der Waals surface area contributed by atoms with Gasteiger partial charge in [0, 0.05) is 30.5 Å². The summed E-state index contributed by atoms with van der Waals surface area (Å²) in [4.78, 5) is 24.8. The van der Waals surface area contributed by atoms with Crippen LogP contribution in [0.25, 0.3) is 0 Å². The smallest absolute Gasteiger partial charge is 0.223 e. The summed E-state index contributed by atoms with van der Waals surface area (Å²) in [7, 11) is 0. The average molecular weight is 382 g/mol. The van der Waals surface area contributed by atoms with E-state index in [4.69, 9.17) is 0 Å². The first-order valence-electron chi connectivity index (χ1n) is 9.87. The maximum atomic E-state index is 13.6. The molecule has 1 aliphatic carbocycles. The van der Waals surface area contributed by atoms with Gasteiger partial charge in [-0.25, -0.2) is 4.39 Å². The van der Waals surface area contributed by atoms with Gasteiger partial charge in [0.2, 0.25) is 11.8 Å². The maximum Gasteiger partial charge on any atom is 0.223 e. The summed E-state index contributed by atoms with van der Waals surface area (Å²) in [6.45, 7) is 2.76. The molecule has 2 aromatic carbocycles. The highest BCUT2D eigenvalue weighted by atomic mass is 19.1. The molecule has 0 unspecified atom stereocenters. The lowest BCUT2D eigenvalue weighted by atomic mass is 9.81. The summed E-state index contributed by atoms with van der Waals surface area (Å²) in [5, 5.41) is 5.84. The fourth-order valence-electron chi connectivity index (χ4n) is 3.74. The van der Waals surface area contributed by atoms with E-state index in [1.807, 2.05) is 25.1 Å². The SMILES string of the molecule is Cc1cccc(CNC(=O)C2CCC(C(=O)NCc3ccccc3F)CC2)c1. The maximum absolute atomic E-state index is 13.6. The lowest BCUT2D eigenvalue weighted by Crippen LogP contribution is -2.37. The Morgan fingerprint density at radius 2 is 1.50 bits per heavy atom. The molecule has 3 rings (SSSR count). The Hall–Kier alpha value is -2.69. The molecule has 5 heteroatoms. The third kappa shape index (κ3) is 5.41. The zero-order chi connectivity index (χ0) is 19.9. The van der Waals surface area contributed by atoms with E-state index < -0.39 is 0 Å². The molecule has 2 aromatic rings. The molecule has 0 heterocycles. The normalized spacial score (nSPS) is 19.1. The van der Waals surface area contributed by atoms with Crippen LogP contribution in [0.3, 0.4) is 0 Å². The summed E-state index contributed by atoms with van der Waals surface area (Å²) in [6, 6.07) is 14.5. The minimum atomic E-state index is -0.309. The number of amides is 2. The highest BCUT2D eigenvalue weighted by Gasteiger charge is 2.29. The predicted octanol–water partition coefficient (Wildman–Crippen LogP) is 3.87. The number of carbonyl (C=O) groups excluding carboxylic acids is 2. The highest BCUT2D eigenvalue weighted by Crippen LogP contribution is 2.29. The second-order valence-corrected chi connectivity index (χ2v) is 7.56. The number of aryl methyl sites for hydroxylation is 1. The summed E-state index contributed by atoms with van der Waals surface area (Å²) >= 11 is 0. The van der Waals surface area contributed by atoms with Crippen LogP contribution in [0.5, 0.6) is 0 Å². The largest absolute Gasteiger partial charge is 0.352 e. The Morgan fingerprint density at radius 1 is 0.893 bits per heavy atom. The van der Waals surface area contributed by atoms with E-state index in [1.165, 1.54) is 11.6 Å². The molecule has 28 heavy (non-hydrogen) atoms. The molecule has 1 aliphatic rings. The van der Waals surface area contributed by atoms with Crippen molar-refractivity contribution in [2.24, 2.45) is 11.8 Å². The number of hydrogen-bond donors (Lipinski definition) is 2. The van der Waals surface area contributed by atoms with Crippen LogP contribution in [0.4, 0.5) is 4.39 Å². The fourth-order valence-corrected chi connectivity index (χ4v) is 3.74. The van der Waals surface area contributed by atoms with Crippen molar-refractivity contribution < 1.29 is 14.0 Å². The highest BCUT2D eigenvalue weighted by molar-refractivity contribution is 5.81. The standard InChI is InChI=1S/C23H27FN2O2/c1-16-5-4-6-17(13-16)14-25-22(27)18-9-11-19(12-10-18)23(28)26-15-20-7-2-3-8-21(20)24/h2-8,13,18-19H,9-12,14-15H2,1H3,(H,25,27)(H,26,28). The number of rotatable bonds is 6. The van der Waals surface area contributed by atoms with Crippen molar-refractivity contribution in [1.29, 1.82) is 0 Å². The van der Waals surface area contributed by atoms with Crippen LogP contribution in [-0.4, -0.2) is 11.8 Å². The van der Waals surface area contributed by atoms with Gasteiger partial charge >= 0.3 is 0 Å². The quantitative estimate of drug-likeness (QED) is 0.797. The third-order valence-corrected chi connectivity index (χ3v) is 5.43. The van der Waals surface area contributed by atoms with E-state index in [0.29, 0.717) is 37.8 Å². The van der Waals surface area contributed by atoms with Crippen LogP contribution in [0.1, 0.15) is 42.4 Å². The van der Waals surface area contributed by atoms with Gasteiger partial charge < -0.3 is 10.6 Å². The Kier molecular flexibility index (Phi) is 6.80. The predicted molar refractivity (Wildman–Crippen MR) is 107 cm³/mol. The third-order valence-electron chi connectivity index (χ3n) is 5.43. The number of benzene rings is 2. The first kappa shape index (κ1) is 20.1. The molecule has 1 fully saturated rings. The van der Waals surface area contributed by atoms with Gasteiger partial charge in [0.25, 0.3) is 0 Å². The van der Waals surface area contributed by atoms with Crippen LogP contribution >= 0.6 is 0 Å². The van der Waals surface area contributed by atoms with Crippen molar-refractivity contribution in [3.05, 3.63) is 71.0 Å². The van der Waals surface area contributed by atoms with Crippen molar-refractivity contribution >= 4 is 11.8 Å². The van der Waals surface area contributed by atoms with E-state index >= 15 is 0 Å². The minimum Gasteiger partial charge on any atom is -0.352 e. The van der Waals surface area contributed by atoms with Gasteiger partial charge in [-0.05, 0) is 44.2 Å². The second kappa shape index (κ2) is 9.49. The molecule has 0 bridgehead atoms. The molecular weight excluding hydrogens is 355 g/mol. The van der Waals surface area contributed by atoms with Crippen LogP contribution in [0.2, 0.25) is 0 Å². The van der Waals surface area contributed by atoms with Crippen molar-refractivity contribution in [3.8, 4) is 0 Å². The average Bonchev–Trinajstić information content (AvgIpc) is 2.71. The summed E-state index contributed by atoms with van der Waals surface area (Å²) in [6.07, 6.45) is 2.78. The van der Waals surface area contributed by atoms with E-state index in [0.717, 1.165) is 5.56 Å². The summed E-state index contributed by atoms with van der Waals surface area (Å²) in [5.74, 6) is -0.446. The molecule has 2 N–H and O–H groups in total. The van der Waals surface area contributed by atoms with Crippen LogP contribution in [-0.2, 0) is 22.7 Å². The lowest BCUT2D eigenvalue weighted by molar-refractivity contribution is -0.130. The summed E-state index contributed by atoms with van der Waals surface area (Å²) in [5.41, 5.74) is 2.75. The van der Waals surface area contributed by atoms with Gasteiger partial charge in [0.1, 0.15) is 5.82 Å². The van der Waals surface area contributed by atoms with Crippen LogP contribution in [0.15, 0.2) is 48.5 Å². The van der Waals surface area contributed by atoms with E-state index in [-0.39, 0.29) is 36.0 Å². The van der Waals surface area contributed by atoms with E-state index in [1.54, 1.807) is 18.2 Å². The van der Waals surface area contributed by atoms with E-state index in [2.05, 4.69) is 16.7 Å². The molecule has 0 atom stereocenters. The molecule has 0 aliphatic heterocycles. The number of hydrogen-bond acceptors (Lipinski definition) is 2. The summed E-state index contributed by atoms with van der Waals surface area (Å²) < 4.78 is 13.6. The van der Waals surface area contributed by atoms with E-state index in [9.17, 15) is 14.0 Å². The molecule has 148 valence electrons. The molecule has 0 saturated heterocycles. The monoisotopic (exact) mass is 382 g/mol.